The molecule has 0 aromatic heterocycles. The summed E-state index contributed by atoms with van der Waals surface area (Å²) in [5, 5.41) is 3.19. The Morgan fingerprint density at radius 2 is 1.84 bits per heavy atom. The van der Waals surface area contributed by atoms with Gasteiger partial charge in [0.25, 0.3) is 5.91 Å². The first-order valence-corrected chi connectivity index (χ1v) is 11.9. The number of carbonyl (C=O) groups excluding carboxylic acids is 1. The van der Waals surface area contributed by atoms with Crippen LogP contribution in [0.4, 0.5) is 0 Å². The van der Waals surface area contributed by atoms with Gasteiger partial charge in [0.1, 0.15) is 17.1 Å². The van der Waals surface area contributed by atoms with Gasteiger partial charge in [0.2, 0.25) is 0 Å². The Morgan fingerprint density at radius 3 is 2.59 bits per heavy atom. The summed E-state index contributed by atoms with van der Waals surface area (Å²) < 4.78 is 12.0. The zero-order chi connectivity index (χ0) is 22.6. The molecule has 5 heteroatoms. The molecule has 1 amide bonds. The van der Waals surface area contributed by atoms with Crippen molar-refractivity contribution in [3.8, 4) is 11.5 Å². The first kappa shape index (κ1) is 22.3. The molecule has 32 heavy (non-hydrogen) atoms. The zero-order valence-electron chi connectivity index (χ0n) is 18.8. The van der Waals surface area contributed by atoms with Gasteiger partial charge in [0, 0.05) is 28.2 Å². The normalized spacial score (nSPS) is 16.5. The van der Waals surface area contributed by atoms with Crippen molar-refractivity contribution in [2.24, 2.45) is 0 Å². The largest absolute Gasteiger partial charge is 0.493 e. The third-order valence-corrected chi connectivity index (χ3v) is 6.39. The first-order valence-electron chi connectivity index (χ1n) is 10.9. The molecule has 1 aliphatic rings. The van der Waals surface area contributed by atoms with Crippen LogP contribution in [0.5, 0.6) is 11.5 Å². The highest BCUT2D eigenvalue weighted by atomic mass is 32.2. The highest BCUT2D eigenvalue weighted by Gasteiger charge is 2.34. The predicted molar refractivity (Wildman–Crippen MR) is 130 cm³/mol. The van der Waals surface area contributed by atoms with Gasteiger partial charge in [0.15, 0.2) is 0 Å². The second-order valence-corrected chi connectivity index (χ2v) is 9.84. The van der Waals surface area contributed by atoms with E-state index in [1.165, 1.54) is 4.90 Å². The molecule has 3 aromatic carbocycles. The van der Waals surface area contributed by atoms with Crippen LogP contribution in [0.25, 0.3) is 0 Å². The number of hydrogen-bond donors (Lipinski definition) is 1. The van der Waals surface area contributed by atoms with Gasteiger partial charge >= 0.3 is 0 Å². The zero-order valence-corrected chi connectivity index (χ0v) is 19.6. The predicted octanol–water partition coefficient (Wildman–Crippen LogP) is 6.20. The molecule has 1 atom stereocenters. The van der Waals surface area contributed by atoms with Crippen LogP contribution in [0.2, 0.25) is 0 Å². The van der Waals surface area contributed by atoms with E-state index in [1.807, 2.05) is 55.5 Å². The SMILES string of the molecule is Cc1ccc2c(c1)OC(C)(C)CC2NC(=O)c1ccc(OCCSc2ccccc2)cc1. The van der Waals surface area contributed by atoms with Gasteiger partial charge in [-0.3, -0.25) is 4.79 Å². The lowest BCUT2D eigenvalue weighted by molar-refractivity contribution is 0.0619. The van der Waals surface area contributed by atoms with Crippen LogP contribution in [0.3, 0.4) is 0 Å². The summed E-state index contributed by atoms with van der Waals surface area (Å²) in [5.41, 5.74) is 2.45. The van der Waals surface area contributed by atoms with Gasteiger partial charge in [0.05, 0.1) is 12.6 Å². The number of benzene rings is 3. The minimum Gasteiger partial charge on any atom is -0.493 e. The molecule has 0 aliphatic carbocycles. The Hall–Kier alpha value is -2.92. The highest BCUT2D eigenvalue weighted by Crippen LogP contribution is 2.40. The van der Waals surface area contributed by atoms with Crippen LogP contribution in [-0.2, 0) is 0 Å². The van der Waals surface area contributed by atoms with Crippen molar-refractivity contribution >= 4 is 17.7 Å². The number of rotatable bonds is 7. The lowest BCUT2D eigenvalue weighted by atomic mass is 9.89. The molecular weight excluding hydrogens is 418 g/mol. The Balaban J connectivity index is 1.34. The highest BCUT2D eigenvalue weighted by molar-refractivity contribution is 7.99. The third kappa shape index (κ3) is 5.65. The van der Waals surface area contributed by atoms with Gasteiger partial charge < -0.3 is 14.8 Å². The Kier molecular flexibility index (Phi) is 6.75. The van der Waals surface area contributed by atoms with Crippen molar-refractivity contribution in [1.82, 2.24) is 5.32 Å². The van der Waals surface area contributed by atoms with Crippen molar-refractivity contribution in [2.45, 2.75) is 43.7 Å². The van der Waals surface area contributed by atoms with Crippen LogP contribution in [0, 0.1) is 6.92 Å². The second-order valence-electron chi connectivity index (χ2n) is 8.67. The molecule has 0 fully saturated rings. The number of thioether (sulfide) groups is 1. The van der Waals surface area contributed by atoms with Gasteiger partial charge in [-0.15, -0.1) is 11.8 Å². The summed E-state index contributed by atoms with van der Waals surface area (Å²) >= 11 is 1.76. The summed E-state index contributed by atoms with van der Waals surface area (Å²) in [6.07, 6.45) is 0.717. The molecule has 1 heterocycles. The summed E-state index contributed by atoms with van der Waals surface area (Å²) in [6, 6.07) is 23.7. The van der Waals surface area contributed by atoms with E-state index < -0.39 is 0 Å². The van der Waals surface area contributed by atoms with Gasteiger partial charge in [-0.2, -0.15) is 0 Å². The maximum absolute atomic E-state index is 12.9. The Morgan fingerprint density at radius 1 is 1.09 bits per heavy atom. The smallest absolute Gasteiger partial charge is 0.251 e. The fourth-order valence-electron chi connectivity index (χ4n) is 3.87. The summed E-state index contributed by atoms with van der Waals surface area (Å²) in [7, 11) is 0. The number of ether oxygens (including phenoxy) is 2. The number of carbonyl (C=O) groups is 1. The number of aryl methyl sites for hydroxylation is 1. The molecule has 0 bridgehead atoms. The topological polar surface area (TPSA) is 47.6 Å². The summed E-state index contributed by atoms with van der Waals surface area (Å²) in [6.45, 7) is 6.76. The van der Waals surface area contributed by atoms with Crippen LogP contribution >= 0.6 is 11.8 Å². The Bertz CT molecular complexity index is 1060. The maximum atomic E-state index is 12.9. The average Bonchev–Trinajstić information content (AvgIpc) is 2.77. The average molecular weight is 448 g/mol. The van der Waals surface area contributed by atoms with Gasteiger partial charge in [-0.25, -0.2) is 0 Å². The molecule has 4 nitrogen and oxygen atoms in total. The molecule has 0 spiro atoms. The monoisotopic (exact) mass is 447 g/mol. The molecule has 0 saturated heterocycles. The van der Waals surface area contributed by atoms with E-state index >= 15 is 0 Å². The lowest BCUT2D eigenvalue weighted by Crippen LogP contribution is -2.41. The van der Waals surface area contributed by atoms with Crippen LogP contribution in [0.1, 0.15) is 47.8 Å². The van der Waals surface area contributed by atoms with Crippen molar-refractivity contribution < 1.29 is 14.3 Å². The second kappa shape index (κ2) is 9.70. The number of hydrogen-bond acceptors (Lipinski definition) is 4. The van der Waals surface area contributed by atoms with E-state index in [1.54, 1.807) is 11.8 Å². The fraction of sp³-hybridized carbons (Fsp3) is 0.296. The minimum atomic E-state index is -0.339. The van der Waals surface area contributed by atoms with E-state index in [9.17, 15) is 4.79 Å². The van der Waals surface area contributed by atoms with Gasteiger partial charge in [-0.05, 0) is 68.8 Å². The summed E-state index contributed by atoms with van der Waals surface area (Å²) in [5.74, 6) is 2.39. The first-order chi connectivity index (χ1) is 15.4. The van der Waals surface area contributed by atoms with Crippen LogP contribution in [-0.4, -0.2) is 23.9 Å². The quantitative estimate of drug-likeness (QED) is 0.346. The standard InChI is InChI=1S/C27H29NO3S/c1-19-9-14-23-24(18-27(2,3)31-25(23)17-19)28-26(29)20-10-12-21(13-11-20)30-15-16-32-22-7-5-4-6-8-22/h4-14,17,24H,15-16,18H2,1-3H3,(H,28,29). The number of amides is 1. The van der Waals surface area contributed by atoms with E-state index in [2.05, 4.69) is 43.4 Å². The van der Waals surface area contributed by atoms with Crippen LogP contribution < -0.4 is 14.8 Å². The molecule has 166 valence electrons. The third-order valence-electron chi connectivity index (χ3n) is 5.41. The lowest BCUT2D eigenvalue weighted by Gasteiger charge is -2.38. The molecule has 3 aromatic rings. The van der Waals surface area contributed by atoms with Crippen molar-refractivity contribution in [3.05, 3.63) is 89.5 Å². The van der Waals surface area contributed by atoms with Crippen molar-refractivity contribution in [2.75, 3.05) is 12.4 Å². The number of nitrogens with one attached hydrogen (secondary N) is 1. The minimum absolute atomic E-state index is 0.0900. The summed E-state index contributed by atoms with van der Waals surface area (Å²) in [4.78, 5) is 14.2. The molecular formula is C27H29NO3S. The fourth-order valence-corrected chi connectivity index (χ4v) is 4.62. The molecule has 1 unspecified atom stereocenters. The van der Waals surface area contributed by atoms with E-state index in [-0.39, 0.29) is 17.6 Å². The maximum Gasteiger partial charge on any atom is 0.251 e. The Labute approximate surface area is 194 Å². The molecule has 4 rings (SSSR count). The van der Waals surface area contributed by atoms with E-state index in [0.29, 0.717) is 12.2 Å². The molecule has 0 saturated carbocycles. The molecule has 1 aliphatic heterocycles. The van der Waals surface area contributed by atoms with Crippen molar-refractivity contribution in [3.63, 3.8) is 0 Å². The van der Waals surface area contributed by atoms with Crippen molar-refractivity contribution in [1.29, 1.82) is 0 Å². The van der Waals surface area contributed by atoms with E-state index in [0.717, 1.165) is 34.8 Å². The molecule has 0 radical (unpaired) electrons. The van der Waals surface area contributed by atoms with Crippen LogP contribution in [0.15, 0.2) is 77.7 Å². The molecule has 1 N–H and O–H groups in total. The number of fused-ring (bicyclic) bond motifs is 1. The van der Waals surface area contributed by atoms with E-state index in [4.69, 9.17) is 9.47 Å². The van der Waals surface area contributed by atoms with Gasteiger partial charge in [-0.1, -0.05) is 30.3 Å².